The SMILES string of the molecule is CCCC(N)C(=O)NC1(c2cccc(Cl)c2)CCCC1. The fraction of sp³-hybridized carbons (Fsp3) is 0.562. The Kier molecular flexibility index (Phi) is 5.06. The van der Waals surface area contributed by atoms with Crippen LogP contribution in [0.15, 0.2) is 24.3 Å². The van der Waals surface area contributed by atoms with Crippen molar-refractivity contribution < 1.29 is 4.79 Å². The number of rotatable bonds is 5. The molecule has 4 heteroatoms. The molecule has 3 nitrogen and oxygen atoms in total. The second-order valence-electron chi connectivity index (χ2n) is 5.68. The van der Waals surface area contributed by atoms with Crippen molar-refractivity contribution in [1.82, 2.24) is 5.32 Å². The molecule has 1 aromatic rings. The van der Waals surface area contributed by atoms with Crippen molar-refractivity contribution in [3.8, 4) is 0 Å². The summed E-state index contributed by atoms with van der Waals surface area (Å²) in [5.74, 6) is -0.0475. The first-order valence-corrected chi connectivity index (χ1v) is 7.79. The standard InChI is InChI=1S/C16H23ClN2O/c1-2-6-14(18)15(20)19-16(9-3-4-10-16)12-7-5-8-13(17)11-12/h5,7-8,11,14H,2-4,6,9-10,18H2,1H3,(H,19,20). The number of benzene rings is 1. The van der Waals surface area contributed by atoms with E-state index in [1.54, 1.807) is 0 Å². The highest BCUT2D eigenvalue weighted by molar-refractivity contribution is 6.30. The molecule has 2 rings (SSSR count). The molecule has 1 saturated carbocycles. The van der Waals surface area contributed by atoms with Gasteiger partial charge in [-0.05, 0) is 37.0 Å². The highest BCUT2D eigenvalue weighted by atomic mass is 35.5. The zero-order valence-electron chi connectivity index (χ0n) is 12.0. The van der Waals surface area contributed by atoms with Crippen LogP contribution in [0, 0.1) is 0 Å². The number of hydrogen-bond acceptors (Lipinski definition) is 2. The summed E-state index contributed by atoms with van der Waals surface area (Å²) in [6.07, 6.45) is 5.79. The molecule has 0 spiro atoms. The molecule has 1 amide bonds. The number of carbonyl (C=O) groups is 1. The van der Waals surface area contributed by atoms with Gasteiger partial charge in [0, 0.05) is 5.02 Å². The fourth-order valence-corrected chi connectivity index (χ4v) is 3.21. The van der Waals surface area contributed by atoms with Gasteiger partial charge in [0.05, 0.1) is 11.6 Å². The third-order valence-electron chi connectivity index (χ3n) is 4.13. The van der Waals surface area contributed by atoms with Crippen LogP contribution in [-0.2, 0) is 10.3 Å². The van der Waals surface area contributed by atoms with Crippen LogP contribution in [0.4, 0.5) is 0 Å². The Morgan fingerprint density at radius 3 is 2.75 bits per heavy atom. The molecule has 1 aliphatic rings. The van der Waals surface area contributed by atoms with E-state index in [1.165, 1.54) is 0 Å². The second kappa shape index (κ2) is 6.59. The van der Waals surface area contributed by atoms with Gasteiger partial charge in [-0.2, -0.15) is 0 Å². The normalized spacial score (nSPS) is 18.8. The van der Waals surface area contributed by atoms with E-state index in [0.29, 0.717) is 5.02 Å². The molecule has 110 valence electrons. The van der Waals surface area contributed by atoms with Gasteiger partial charge in [0.1, 0.15) is 0 Å². The van der Waals surface area contributed by atoms with Crippen LogP contribution in [0.25, 0.3) is 0 Å². The van der Waals surface area contributed by atoms with E-state index in [4.69, 9.17) is 17.3 Å². The first-order chi connectivity index (χ1) is 9.57. The van der Waals surface area contributed by atoms with Gasteiger partial charge in [-0.25, -0.2) is 0 Å². The predicted molar refractivity (Wildman–Crippen MR) is 82.6 cm³/mol. The molecule has 3 N–H and O–H groups in total. The van der Waals surface area contributed by atoms with Crippen LogP contribution in [-0.4, -0.2) is 11.9 Å². The summed E-state index contributed by atoms with van der Waals surface area (Å²) in [6.45, 7) is 2.04. The lowest BCUT2D eigenvalue weighted by Crippen LogP contribution is -2.50. The lowest BCUT2D eigenvalue weighted by Gasteiger charge is -2.32. The Morgan fingerprint density at radius 1 is 1.45 bits per heavy atom. The summed E-state index contributed by atoms with van der Waals surface area (Å²) >= 11 is 6.10. The van der Waals surface area contributed by atoms with Crippen molar-refractivity contribution in [1.29, 1.82) is 0 Å². The van der Waals surface area contributed by atoms with Crippen LogP contribution < -0.4 is 11.1 Å². The third-order valence-corrected chi connectivity index (χ3v) is 4.37. The van der Waals surface area contributed by atoms with E-state index in [9.17, 15) is 4.79 Å². The maximum Gasteiger partial charge on any atom is 0.237 e. The largest absolute Gasteiger partial charge is 0.345 e. The van der Waals surface area contributed by atoms with E-state index in [2.05, 4.69) is 5.32 Å². The number of halogens is 1. The Balaban J connectivity index is 2.20. The van der Waals surface area contributed by atoms with Gasteiger partial charge in [-0.15, -0.1) is 0 Å². The summed E-state index contributed by atoms with van der Waals surface area (Å²) in [4.78, 5) is 12.3. The third kappa shape index (κ3) is 3.33. The first-order valence-electron chi connectivity index (χ1n) is 7.41. The molecule has 0 heterocycles. The van der Waals surface area contributed by atoms with Crippen LogP contribution >= 0.6 is 11.6 Å². The number of amides is 1. The maximum atomic E-state index is 12.3. The van der Waals surface area contributed by atoms with Gasteiger partial charge in [-0.1, -0.05) is 49.9 Å². The Labute approximate surface area is 125 Å². The molecule has 20 heavy (non-hydrogen) atoms. The zero-order chi connectivity index (χ0) is 14.6. The van der Waals surface area contributed by atoms with Crippen LogP contribution in [0.2, 0.25) is 5.02 Å². The van der Waals surface area contributed by atoms with Crippen molar-refractivity contribution in [2.24, 2.45) is 5.73 Å². The van der Waals surface area contributed by atoms with Crippen LogP contribution in [0.5, 0.6) is 0 Å². The summed E-state index contributed by atoms with van der Waals surface area (Å²) < 4.78 is 0. The van der Waals surface area contributed by atoms with Gasteiger partial charge in [0.25, 0.3) is 0 Å². The molecule has 0 aromatic heterocycles. The van der Waals surface area contributed by atoms with Gasteiger partial charge in [0.15, 0.2) is 0 Å². The maximum absolute atomic E-state index is 12.3. The Hall–Kier alpha value is -1.06. The van der Waals surface area contributed by atoms with Crippen molar-refractivity contribution in [3.05, 3.63) is 34.9 Å². The quantitative estimate of drug-likeness (QED) is 0.875. The molecule has 0 saturated heterocycles. The molecule has 1 atom stereocenters. The minimum Gasteiger partial charge on any atom is -0.345 e. The zero-order valence-corrected chi connectivity index (χ0v) is 12.7. The topological polar surface area (TPSA) is 55.1 Å². The fourth-order valence-electron chi connectivity index (χ4n) is 3.02. The number of nitrogens with one attached hydrogen (secondary N) is 1. The molecule has 0 aliphatic heterocycles. The Bertz CT molecular complexity index is 469. The van der Waals surface area contributed by atoms with Crippen molar-refractivity contribution in [3.63, 3.8) is 0 Å². The summed E-state index contributed by atoms with van der Waals surface area (Å²) in [5, 5.41) is 3.91. The Morgan fingerprint density at radius 2 is 2.15 bits per heavy atom. The van der Waals surface area contributed by atoms with Crippen LogP contribution in [0.3, 0.4) is 0 Å². The van der Waals surface area contributed by atoms with Gasteiger partial charge < -0.3 is 11.1 Å². The highest BCUT2D eigenvalue weighted by Gasteiger charge is 2.37. The van der Waals surface area contributed by atoms with Crippen LogP contribution in [0.1, 0.15) is 51.0 Å². The molecule has 1 aromatic carbocycles. The summed E-state index contributed by atoms with van der Waals surface area (Å²) in [5.41, 5.74) is 6.75. The van der Waals surface area contributed by atoms with Gasteiger partial charge in [0.2, 0.25) is 5.91 Å². The highest BCUT2D eigenvalue weighted by Crippen LogP contribution is 2.39. The van der Waals surface area contributed by atoms with E-state index in [-0.39, 0.29) is 11.4 Å². The predicted octanol–water partition coefficient (Wildman–Crippen LogP) is 3.35. The smallest absolute Gasteiger partial charge is 0.237 e. The average molecular weight is 295 g/mol. The molecular formula is C16H23ClN2O. The van der Waals surface area contributed by atoms with Crippen molar-refractivity contribution in [2.75, 3.05) is 0 Å². The molecule has 0 radical (unpaired) electrons. The summed E-state index contributed by atoms with van der Waals surface area (Å²) in [7, 11) is 0. The summed E-state index contributed by atoms with van der Waals surface area (Å²) in [6, 6.07) is 7.38. The molecule has 1 fully saturated rings. The van der Waals surface area contributed by atoms with E-state index >= 15 is 0 Å². The lowest BCUT2D eigenvalue weighted by molar-refractivity contribution is -0.124. The minimum atomic E-state index is -0.420. The average Bonchev–Trinajstić information content (AvgIpc) is 2.89. The minimum absolute atomic E-state index is 0.0475. The van der Waals surface area contributed by atoms with Crippen molar-refractivity contribution in [2.45, 2.75) is 57.0 Å². The van der Waals surface area contributed by atoms with E-state index < -0.39 is 6.04 Å². The first kappa shape index (κ1) is 15.3. The number of hydrogen-bond donors (Lipinski definition) is 2. The molecule has 1 aliphatic carbocycles. The molecular weight excluding hydrogens is 272 g/mol. The van der Waals surface area contributed by atoms with Gasteiger partial charge >= 0.3 is 0 Å². The number of nitrogens with two attached hydrogens (primary N) is 1. The molecule has 1 unspecified atom stereocenters. The van der Waals surface area contributed by atoms with Crippen molar-refractivity contribution >= 4 is 17.5 Å². The second-order valence-corrected chi connectivity index (χ2v) is 6.12. The van der Waals surface area contributed by atoms with E-state index in [1.807, 2.05) is 31.2 Å². The monoisotopic (exact) mass is 294 g/mol. The number of carbonyl (C=O) groups excluding carboxylic acids is 1. The van der Waals surface area contributed by atoms with E-state index in [0.717, 1.165) is 44.1 Å². The molecule has 0 bridgehead atoms. The van der Waals surface area contributed by atoms with Gasteiger partial charge in [-0.3, -0.25) is 4.79 Å². The lowest BCUT2D eigenvalue weighted by atomic mass is 9.87.